The molecule has 0 bridgehead atoms. The van der Waals surface area contributed by atoms with Gasteiger partial charge in [0.05, 0.1) is 23.5 Å². The van der Waals surface area contributed by atoms with Crippen molar-refractivity contribution in [2.24, 2.45) is 0 Å². The number of hydrogen-bond donors (Lipinski definition) is 0. The van der Waals surface area contributed by atoms with Gasteiger partial charge in [0.15, 0.2) is 0 Å². The van der Waals surface area contributed by atoms with Crippen molar-refractivity contribution in [2.75, 3.05) is 7.11 Å². The minimum Gasteiger partial charge on any atom is -0.865 e. The fourth-order valence-corrected chi connectivity index (χ4v) is 3.79. The van der Waals surface area contributed by atoms with Gasteiger partial charge in [0, 0.05) is 11.8 Å². The lowest BCUT2D eigenvalue weighted by atomic mass is 10.1. The minimum atomic E-state index is -0.809. The molecule has 2 aromatic carbocycles. The summed E-state index contributed by atoms with van der Waals surface area (Å²) in [5.41, 5.74) is 0.641. The van der Waals surface area contributed by atoms with Gasteiger partial charge in [-0.2, -0.15) is 0 Å². The number of carbonyl (C=O) groups excluding carboxylic acids is 1. The number of carbonyl (C=O) groups is 1. The highest BCUT2D eigenvalue weighted by atomic mass is 32.2. The molecule has 1 amide bonds. The van der Waals surface area contributed by atoms with Crippen LogP contribution in [-0.2, 0) is 11.3 Å². The van der Waals surface area contributed by atoms with E-state index in [9.17, 15) is 20.0 Å². The van der Waals surface area contributed by atoms with Gasteiger partial charge in [-0.05, 0) is 23.3 Å². The van der Waals surface area contributed by atoms with Crippen LogP contribution in [0.25, 0.3) is 6.08 Å². The molecule has 0 unspecified atom stereocenters. The molecule has 138 valence electrons. The third-order valence-electron chi connectivity index (χ3n) is 3.83. The molecule has 0 aromatic heterocycles. The molecule has 0 saturated carbocycles. The highest BCUT2D eigenvalue weighted by Crippen LogP contribution is 2.38. The predicted octanol–water partition coefficient (Wildman–Crippen LogP) is 3.08. The third kappa shape index (κ3) is 3.93. The van der Waals surface area contributed by atoms with Gasteiger partial charge < -0.3 is 9.84 Å². The molecule has 2 aromatic rings. The van der Waals surface area contributed by atoms with E-state index in [0.717, 1.165) is 23.4 Å². The smallest absolute Gasteiger partial charge is 0.266 e. The van der Waals surface area contributed by atoms with Crippen LogP contribution in [0.2, 0.25) is 0 Å². The Kier molecular flexibility index (Phi) is 5.43. The van der Waals surface area contributed by atoms with Crippen LogP contribution in [0.5, 0.6) is 11.5 Å². The van der Waals surface area contributed by atoms with Crippen molar-refractivity contribution in [1.29, 1.82) is 0 Å². The Morgan fingerprint density at radius 2 is 2.00 bits per heavy atom. The van der Waals surface area contributed by atoms with Gasteiger partial charge in [-0.25, -0.2) is 0 Å². The average molecular weight is 401 g/mol. The van der Waals surface area contributed by atoms with Crippen LogP contribution in [0.3, 0.4) is 0 Å². The molecule has 0 atom stereocenters. The van der Waals surface area contributed by atoms with E-state index >= 15 is 0 Å². The van der Waals surface area contributed by atoms with Crippen molar-refractivity contribution in [3.8, 4) is 11.5 Å². The second-order valence-electron chi connectivity index (χ2n) is 5.58. The van der Waals surface area contributed by atoms with Crippen molar-refractivity contribution in [2.45, 2.75) is 6.54 Å². The molecule has 7 nitrogen and oxygen atoms in total. The summed E-state index contributed by atoms with van der Waals surface area (Å²) in [5, 5.41) is 23.0. The molecule has 9 heteroatoms. The molecule has 1 fully saturated rings. The zero-order valence-electron chi connectivity index (χ0n) is 14.1. The maximum absolute atomic E-state index is 12.7. The fraction of sp³-hybridized carbons (Fsp3) is 0.111. The van der Waals surface area contributed by atoms with Gasteiger partial charge in [0.2, 0.25) is 0 Å². The van der Waals surface area contributed by atoms with Crippen molar-refractivity contribution in [3.05, 3.63) is 68.6 Å². The number of nitro benzene ring substituents is 1. The second-order valence-corrected chi connectivity index (χ2v) is 7.26. The Hall–Kier alpha value is -2.91. The number of thioether (sulfide) groups is 1. The second kappa shape index (κ2) is 7.77. The van der Waals surface area contributed by atoms with Crippen molar-refractivity contribution in [1.82, 2.24) is 4.90 Å². The zero-order valence-corrected chi connectivity index (χ0v) is 15.7. The van der Waals surface area contributed by atoms with Crippen LogP contribution in [0.4, 0.5) is 5.69 Å². The highest BCUT2D eigenvalue weighted by molar-refractivity contribution is 8.26. The SMILES string of the molecule is COc1cc(/C=C2\SC(=S)N(Cc3ccccc3)C2=O)cc([N+](=O)[O-])c1[O-]. The maximum Gasteiger partial charge on any atom is 0.266 e. The zero-order chi connectivity index (χ0) is 19.6. The summed E-state index contributed by atoms with van der Waals surface area (Å²) in [6, 6.07) is 11.9. The van der Waals surface area contributed by atoms with Crippen LogP contribution >= 0.6 is 24.0 Å². The summed E-state index contributed by atoms with van der Waals surface area (Å²) in [6.45, 7) is 0.339. The van der Waals surface area contributed by atoms with Gasteiger partial charge in [-0.3, -0.25) is 19.8 Å². The number of rotatable bonds is 5. The van der Waals surface area contributed by atoms with E-state index in [1.54, 1.807) is 0 Å². The van der Waals surface area contributed by atoms with Gasteiger partial charge in [0.1, 0.15) is 10.1 Å². The summed E-state index contributed by atoms with van der Waals surface area (Å²) in [7, 11) is 1.25. The molecule has 1 heterocycles. The van der Waals surface area contributed by atoms with E-state index in [1.165, 1.54) is 24.2 Å². The van der Waals surface area contributed by atoms with E-state index in [0.29, 0.717) is 21.3 Å². The molecule has 1 aliphatic rings. The Balaban J connectivity index is 1.92. The number of methoxy groups -OCH3 is 1. The first-order valence-corrected chi connectivity index (χ1v) is 8.96. The molecule has 3 rings (SSSR count). The summed E-state index contributed by atoms with van der Waals surface area (Å²) < 4.78 is 5.31. The first-order chi connectivity index (χ1) is 12.9. The lowest BCUT2D eigenvalue weighted by Crippen LogP contribution is -2.27. The number of nitrogens with zero attached hydrogens (tertiary/aromatic N) is 2. The molecule has 0 radical (unpaired) electrons. The topological polar surface area (TPSA) is 95.7 Å². The van der Waals surface area contributed by atoms with E-state index in [2.05, 4.69) is 0 Å². The molecular formula is C18H13N2O5S2-. The largest absolute Gasteiger partial charge is 0.865 e. The van der Waals surface area contributed by atoms with Crippen LogP contribution in [0, 0.1) is 10.1 Å². The Labute approximate surface area is 164 Å². The summed E-state index contributed by atoms with van der Waals surface area (Å²) in [6.07, 6.45) is 1.47. The van der Waals surface area contributed by atoms with E-state index in [4.69, 9.17) is 17.0 Å². The molecule has 0 spiro atoms. The Morgan fingerprint density at radius 1 is 1.30 bits per heavy atom. The molecule has 0 aliphatic carbocycles. The number of ether oxygens (including phenoxy) is 1. The van der Waals surface area contributed by atoms with E-state index in [1.807, 2.05) is 30.3 Å². The summed E-state index contributed by atoms with van der Waals surface area (Å²) in [4.78, 5) is 24.8. The number of nitro groups is 1. The first-order valence-electron chi connectivity index (χ1n) is 7.73. The van der Waals surface area contributed by atoms with Gasteiger partial charge in [0.25, 0.3) is 11.6 Å². The quantitative estimate of drug-likeness (QED) is 0.329. The maximum atomic E-state index is 12.7. The van der Waals surface area contributed by atoms with Crippen molar-refractivity contribution < 1.29 is 19.6 Å². The monoisotopic (exact) mass is 401 g/mol. The predicted molar refractivity (Wildman–Crippen MR) is 104 cm³/mol. The fourth-order valence-electron chi connectivity index (χ4n) is 2.53. The van der Waals surface area contributed by atoms with Crippen molar-refractivity contribution >= 4 is 46.0 Å². The summed E-state index contributed by atoms with van der Waals surface area (Å²) >= 11 is 6.40. The molecular weight excluding hydrogens is 388 g/mol. The third-order valence-corrected chi connectivity index (χ3v) is 5.21. The highest BCUT2D eigenvalue weighted by Gasteiger charge is 2.32. The number of amides is 1. The molecule has 1 aliphatic heterocycles. The van der Waals surface area contributed by atoms with Gasteiger partial charge in [-0.15, -0.1) is 0 Å². The number of benzene rings is 2. The molecule has 27 heavy (non-hydrogen) atoms. The van der Waals surface area contributed by atoms with Crippen molar-refractivity contribution in [3.63, 3.8) is 0 Å². The van der Waals surface area contributed by atoms with Crippen LogP contribution in [0.1, 0.15) is 11.1 Å². The minimum absolute atomic E-state index is 0.157. The van der Waals surface area contributed by atoms with E-state index in [-0.39, 0.29) is 11.7 Å². The lowest BCUT2D eigenvalue weighted by molar-refractivity contribution is -0.398. The molecule has 1 saturated heterocycles. The number of thiocarbonyl (C=S) groups is 1. The molecule has 0 N–H and O–H groups in total. The lowest BCUT2D eigenvalue weighted by Gasteiger charge is -2.14. The standard InChI is InChI=1S/C18H14N2O5S2/c1-25-14-8-12(7-13(16(14)21)20(23)24)9-15-17(22)19(18(26)27-15)10-11-5-3-2-4-6-11/h2-9,21H,10H2,1H3/p-1/b15-9-. The van der Waals surface area contributed by atoms with Gasteiger partial charge >= 0.3 is 0 Å². The van der Waals surface area contributed by atoms with E-state index < -0.39 is 16.4 Å². The normalized spacial score (nSPS) is 15.4. The average Bonchev–Trinajstić information content (AvgIpc) is 2.91. The van der Waals surface area contributed by atoms with Crippen LogP contribution < -0.4 is 9.84 Å². The van der Waals surface area contributed by atoms with Gasteiger partial charge in [-0.1, -0.05) is 54.3 Å². The van der Waals surface area contributed by atoms with Crippen LogP contribution in [-0.4, -0.2) is 27.2 Å². The van der Waals surface area contributed by atoms with Crippen LogP contribution in [0.15, 0.2) is 47.4 Å². The first kappa shape index (κ1) is 18.9. The number of hydrogen-bond acceptors (Lipinski definition) is 7. The Morgan fingerprint density at radius 3 is 2.63 bits per heavy atom. The summed E-state index contributed by atoms with van der Waals surface area (Å²) in [5.74, 6) is -1.26. The Bertz CT molecular complexity index is 960.